The largest absolute Gasteiger partial charge is 0.487 e. The summed E-state index contributed by atoms with van der Waals surface area (Å²) in [6.07, 6.45) is 0. The van der Waals surface area contributed by atoms with Crippen molar-refractivity contribution < 1.29 is 14.2 Å². The summed E-state index contributed by atoms with van der Waals surface area (Å²) in [7, 11) is 0. The molecule has 146 valence electrons. The number of hydrogen-bond acceptors (Lipinski definition) is 3. The Bertz CT molecular complexity index is 1030. The first-order valence-electron chi connectivity index (χ1n) is 9.82. The fourth-order valence-electron chi connectivity index (χ4n) is 3.13. The highest BCUT2D eigenvalue weighted by molar-refractivity contribution is 5.86. The van der Waals surface area contributed by atoms with E-state index in [0.717, 1.165) is 33.4 Å². The van der Waals surface area contributed by atoms with Gasteiger partial charge >= 0.3 is 0 Å². The summed E-state index contributed by atoms with van der Waals surface area (Å²) in [5.41, 5.74) is 2.28. The van der Waals surface area contributed by atoms with Crippen LogP contribution in [0.2, 0.25) is 0 Å². The van der Waals surface area contributed by atoms with Crippen molar-refractivity contribution in [2.75, 3.05) is 13.2 Å². The number of hydrogen-bond donors (Lipinski definition) is 0. The van der Waals surface area contributed by atoms with Crippen molar-refractivity contribution in [2.24, 2.45) is 0 Å². The van der Waals surface area contributed by atoms with Crippen LogP contribution in [0.5, 0.6) is 11.5 Å². The lowest BCUT2D eigenvalue weighted by atomic mass is 10.1. The van der Waals surface area contributed by atoms with Crippen molar-refractivity contribution in [2.45, 2.75) is 13.2 Å². The Balaban J connectivity index is 1.40. The first kappa shape index (κ1) is 19.0. The van der Waals surface area contributed by atoms with Crippen molar-refractivity contribution in [1.82, 2.24) is 0 Å². The molecule has 0 saturated carbocycles. The predicted octanol–water partition coefficient (Wildman–Crippen LogP) is 6.01. The van der Waals surface area contributed by atoms with E-state index < -0.39 is 0 Å². The van der Waals surface area contributed by atoms with E-state index in [0.29, 0.717) is 26.4 Å². The Morgan fingerprint density at radius 1 is 0.483 bits per heavy atom. The Labute approximate surface area is 171 Å². The molecule has 0 radical (unpaired) electrons. The molecule has 0 aliphatic rings. The lowest BCUT2D eigenvalue weighted by Crippen LogP contribution is -2.08. The van der Waals surface area contributed by atoms with Gasteiger partial charge < -0.3 is 14.2 Å². The minimum absolute atomic E-state index is 0.465. The average molecular weight is 384 g/mol. The van der Waals surface area contributed by atoms with Crippen molar-refractivity contribution in [3.8, 4) is 11.5 Å². The van der Waals surface area contributed by atoms with Gasteiger partial charge in [-0.25, -0.2) is 0 Å². The van der Waals surface area contributed by atoms with Crippen LogP contribution in [0.25, 0.3) is 10.8 Å². The van der Waals surface area contributed by atoms with Crippen molar-refractivity contribution in [3.05, 3.63) is 108 Å². The monoisotopic (exact) mass is 384 g/mol. The van der Waals surface area contributed by atoms with Crippen LogP contribution in [0.3, 0.4) is 0 Å². The van der Waals surface area contributed by atoms with Crippen molar-refractivity contribution in [3.63, 3.8) is 0 Å². The summed E-state index contributed by atoms with van der Waals surface area (Å²) in [5, 5.41) is 2.25. The third-order valence-corrected chi connectivity index (χ3v) is 4.65. The van der Waals surface area contributed by atoms with Gasteiger partial charge in [-0.1, -0.05) is 84.9 Å². The smallest absolute Gasteiger partial charge is 0.162 e. The summed E-state index contributed by atoms with van der Waals surface area (Å²) >= 11 is 0. The van der Waals surface area contributed by atoms with E-state index in [4.69, 9.17) is 14.2 Å². The van der Waals surface area contributed by atoms with E-state index in [1.807, 2.05) is 60.7 Å². The van der Waals surface area contributed by atoms with Crippen LogP contribution in [-0.4, -0.2) is 13.2 Å². The third-order valence-electron chi connectivity index (χ3n) is 4.65. The maximum atomic E-state index is 6.09. The highest BCUT2D eigenvalue weighted by atomic mass is 16.5. The quantitative estimate of drug-likeness (QED) is 0.331. The lowest BCUT2D eigenvalue weighted by molar-refractivity contribution is 0.0876. The molecule has 0 amide bonds. The zero-order valence-corrected chi connectivity index (χ0v) is 16.3. The Hall–Kier alpha value is -3.30. The fraction of sp³-hybridized carbons (Fsp3) is 0.154. The van der Waals surface area contributed by atoms with Crippen LogP contribution in [0, 0.1) is 0 Å². The molecule has 0 fully saturated rings. The molecule has 0 spiro atoms. The number of ether oxygens (including phenoxy) is 3. The van der Waals surface area contributed by atoms with Crippen LogP contribution in [0.4, 0.5) is 0 Å². The van der Waals surface area contributed by atoms with Gasteiger partial charge in [0.25, 0.3) is 0 Å². The fourth-order valence-corrected chi connectivity index (χ4v) is 3.13. The molecule has 4 rings (SSSR count). The van der Waals surface area contributed by atoms with Crippen molar-refractivity contribution >= 4 is 10.8 Å². The first-order chi connectivity index (χ1) is 14.4. The van der Waals surface area contributed by atoms with E-state index in [1.54, 1.807) is 0 Å². The molecule has 0 N–H and O–H groups in total. The molecule has 3 heteroatoms. The first-order valence-corrected chi connectivity index (χ1v) is 9.82. The van der Waals surface area contributed by atoms with E-state index in [9.17, 15) is 0 Å². The molecule has 0 aliphatic carbocycles. The molecular weight excluding hydrogens is 360 g/mol. The van der Waals surface area contributed by atoms with Gasteiger partial charge in [-0.05, 0) is 34.0 Å². The lowest BCUT2D eigenvalue weighted by Gasteiger charge is -2.14. The second-order valence-corrected chi connectivity index (χ2v) is 6.81. The Morgan fingerprint density at radius 3 is 1.62 bits per heavy atom. The molecule has 0 bridgehead atoms. The number of rotatable bonds is 9. The maximum Gasteiger partial charge on any atom is 0.162 e. The number of fused-ring (bicyclic) bond motifs is 1. The van der Waals surface area contributed by atoms with Gasteiger partial charge in [0.05, 0.1) is 13.2 Å². The second-order valence-electron chi connectivity index (χ2n) is 6.81. The summed E-state index contributed by atoms with van der Waals surface area (Å²) in [6.45, 7) is 2.06. The van der Waals surface area contributed by atoms with E-state index in [1.165, 1.54) is 0 Å². The molecule has 29 heavy (non-hydrogen) atoms. The SMILES string of the molecule is c1ccc(COCCOc2cc3ccccc3cc2OCc2ccccc2)cc1. The van der Waals surface area contributed by atoms with Gasteiger partial charge in [-0.2, -0.15) is 0 Å². The minimum Gasteiger partial charge on any atom is -0.487 e. The zero-order chi connectivity index (χ0) is 19.7. The average Bonchev–Trinajstić information content (AvgIpc) is 2.78. The van der Waals surface area contributed by atoms with Crippen LogP contribution >= 0.6 is 0 Å². The zero-order valence-electron chi connectivity index (χ0n) is 16.3. The van der Waals surface area contributed by atoms with Gasteiger partial charge in [0, 0.05) is 0 Å². The van der Waals surface area contributed by atoms with E-state index in [-0.39, 0.29) is 0 Å². The summed E-state index contributed by atoms with van der Waals surface area (Å²) in [4.78, 5) is 0. The molecule has 4 aromatic rings. The Morgan fingerprint density at radius 2 is 1.00 bits per heavy atom. The molecule has 0 aromatic heterocycles. The second kappa shape index (κ2) is 9.76. The molecule has 0 unspecified atom stereocenters. The molecular formula is C26H24O3. The summed E-state index contributed by atoms with van der Waals surface area (Å²) in [5.74, 6) is 1.48. The van der Waals surface area contributed by atoms with Crippen molar-refractivity contribution in [1.29, 1.82) is 0 Å². The van der Waals surface area contributed by atoms with Gasteiger partial charge in [0.2, 0.25) is 0 Å². The van der Waals surface area contributed by atoms with E-state index in [2.05, 4.69) is 36.4 Å². The van der Waals surface area contributed by atoms with Gasteiger partial charge in [0.15, 0.2) is 11.5 Å². The number of benzene rings is 4. The minimum atomic E-state index is 0.465. The van der Waals surface area contributed by atoms with Crippen LogP contribution in [0.1, 0.15) is 11.1 Å². The molecule has 4 aromatic carbocycles. The standard InChI is InChI=1S/C26H24O3/c1-3-9-21(10-4-1)19-27-15-16-28-25-17-23-13-7-8-14-24(23)18-26(25)29-20-22-11-5-2-6-12-22/h1-14,17-18H,15-16,19-20H2. The molecule has 0 aliphatic heterocycles. The molecule has 0 heterocycles. The third kappa shape index (κ3) is 5.37. The Kier molecular flexibility index (Phi) is 6.41. The predicted molar refractivity (Wildman–Crippen MR) is 116 cm³/mol. The highest BCUT2D eigenvalue weighted by Gasteiger charge is 2.08. The van der Waals surface area contributed by atoms with Gasteiger partial charge in [-0.3, -0.25) is 0 Å². The normalized spacial score (nSPS) is 10.8. The maximum absolute atomic E-state index is 6.09. The molecule has 0 saturated heterocycles. The van der Waals surface area contributed by atoms with Gasteiger partial charge in [-0.15, -0.1) is 0 Å². The van der Waals surface area contributed by atoms with Crippen LogP contribution in [-0.2, 0) is 18.0 Å². The highest BCUT2D eigenvalue weighted by Crippen LogP contribution is 2.33. The van der Waals surface area contributed by atoms with Crippen LogP contribution in [0.15, 0.2) is 97.1 Å². The van der Waals surface area contributed by atoms with E-state index >= 15 is 0 Å². The van der Waals surface area contributed by atoms with Crippen LogP contribution < -0.4 is 9.47 Å². The topological polar surface area (TPSA) is 27.7 Å². The summed E-state index contributed by atoms with van der Waals surface area (Å²) < 4.78 is 17.8. The van der Waals surface area contributed by atoms with Gasteiger partial charge in [0.1, 0.15) is 13.2 Å². The molecule has 0 atom stereocenters. The summed E-state index contributed by atoms with van der Waals surface area (Å²) in [6, 6.07) is 32.6. The molecule has 3 nitrogen and oxygen atoms in total.